The van der Waals surface area contributed by atoms with E-state index in [1.165, 1.54) is 0 Å². The molecule has 6 heteroatoms. The third-order valence-corrected chi connectivity index (χ3v) is 3.68. The lowest BCUT2D eigenvalue weighted by molar-refractivity contribution is -0.129. The van der Waals surface area contributed by atoms with E-state index in [1.54, 1.807) is 4.90 Å². The Morgan fingerprint density at radius 1 is 1.43 bits per heavy atom. The summed E-state index contributed by atoms with van der Waals surface area (Å²) in [5, 5.41) is 3.87. The average Bonchev–Trinajstić information content (AvgIpc) is 2.94. The van der Waals surface area contributed by atoms with Gasteiger partial charge in [-0.3, -0.25) is 4.79 Å². The summed E-state index contributed by atoms with van der Waals surface area (Å²) in [4.78, 5) is 13.7. The number of hydrogen-bond donors (Lipinski definition) is 1. The minimum absolute atomic E-state index is 0. The molecule has 0 bridgehead atoms. The number of carbonyl (C=O) groups excluding carboxylic acids is 1. The fraction of sp³-hybridized carbons (Fsp3) is 0.533. The summed E-state index contributed by atoms with van der Waals surface area (Å²) in [6.45, 7) is 2.54. The van der Waals surface area contributed by atoms with Gasteiger partial charge in [0.1, 0.15) is 0 Å². The Bertz CT molecular complexity index is 434. The third kappa shape index (κ3) is 6.22. The highest BCUT2D eigenvalue weighted by atomic mass is 35.5. The van der Waals surface area contributed by atoms with Crippen LogP contribution in [0.25, 0.3) is 0 Å². The number of hydrogen-bond acceptors (Lipinski definition) is 3. The van der Waals surface area contributed by atoms with Gasteiger partial charge in [0.15, 0.2) is 0 Å². The lowest BCUT2D eigenvalue weighted by Crippen LogP contribution is -2.38. The average molecular weight is 333 g/mol. The normalized spacial score (nSPS) is 17.3. The summed E-state index contributed by atoms with van der Waals surface area (Å²) in [5.74, 6) is 0.0814. The highest BCUT2D eigenvalue weighted by Crippen LogP contribution is 2.11. The quantitative estimate of drug-likeness (QED) is 0.870. The SMILES string of the molecule is CN(Cc1ccc(Cl)cc1)C(=O)CNCC1CCCO1.Cl. The first-order valence-corrected chi connectivity index (χ1v) is 7.33. The van der Waals surface area contributed by atoms with Crippen LogP contribution in [0.3, 0.4) is 0 Å². The molecular weight excluding hydrogens is 311 g/mol. The van der Waals surface area contributed by atoms with Crippen molar-refractivity contribution in [2.24, 2.45) is 0 Å². The van der Waals surface area contributed by atoms with Crippen LogP contribution in [0.4, 0.5) is 0 Å². The van der Waals surface area contributed by atoms with E-state index in [9.17, 15) is 4.79 Å². The number of nitrogens with one attached hydrogen (secondary N) is 1. The van der Waals surface area contributed by atoms with Crippen LogP contribution in [-0.4, -0.2) is 43.7 Å². The molecule has 1 heterocycles. The second-order valence-electron chi connectivity index (χ2n) is 5.14. The van der Waals surface area contributed by atoms with Gasteiger partial charge in [-0.15, -0.1) is 12.4 Å². The van der Waals surface area contributed by atoms with E-state index in [0.29, 0.717) is 18.1 Å². The summed E-state index contributed by atoms with van der Waals surface area (Å²) in [5.41, 5.74) is 1.07. The van der Waals surface area contributed by atoms with Crippen molar-refractivity contribution in [2.45, 2.75) is 25.5 Å². The van der Waals surface area contributed by atoms with E-state index in [0.717, 1.165) is 31.6 Å². The fourth-order valence-electron chi connectivity index (χ4n) is 2.23. The minimum atomic E-state index is 0. The summed E-state index contributed by atoms with van der Waals surface area (Å²) in [6, 6.07) is 7.55. The molecule has 1 aliphatic heterocycles. The van der Waals surface area contributed by atoms with Gasteiger partial charge < -0.3 is 15.0 Å². The molecule has 1 atom stereocenters. The van der Waals surface area contributed by atoms with Crippen LogP contribution >= 0.6 is 24.0 Å². The maximum Gasteiger partial charge on any atom is 0.236 e. The fourth-order valence-corrected chi connectivity index (χ4v) is 2.36. The predicted octanol–water partition coefficient (Wildman–Crippen LogP) is 2.49. The van der Waals surface area contributed by atoms with Gasteiger partial charge in [-0.25, -0.2) is 0 Å². The molecule has 1 unspecified atom stereocenters. The van der Waals surface area contributed by atoms with Crippen LogP contribution < -0.4 is 5.32 Å². The molecule has 0 aromatic heterocycles. The van der Waals surface area contributed by atoms with E-state index in [1.807, 2.05) is 31.3 Å². The largest absolute Gasteiger partial charge is 0.377 e. The van der Waals surface area contributed by atoms with Crippen LogP contribution in [0.15, 0.2) is 24.3 Å². The molecule has 4 nitrogen and oxygen atoms in total. The van der Waals surface area contributed by atoms with Crippen molar-refractivity contribution >= 4 is 29.9 Å². The number of likely N-dealkylation sites (N-methyl/N-ethyl adjacent to an activating group) is 1. The van der Waals surface area contributed by atoms with Gasteiger partial charge in [0, 0.05) is 31.8 Å². The molecule has 118 valence electrons. The van der Waals surface area contributed by atoms with Gasteiger partial charge in [-0.2, -0.15) is 0 Å². The van der Waals surface area contributed by atoms with E-state index in [4.69, 9.17) is 16.3 Å². The molecule has 21 heavy (non-hydrogen) atoms. The van der Waals surface area contributed by atoms with Gasteiger partial charge in [0.25, 0.3) is 0 Å². The van der Waals surface area contributed by atoms with Crippen LogP contribution in [0.1, 0.15) is 18.4 Å². The zero-order valence-corrected chi connectivity index (χ0v) is 13.8. The Labute approximate surface area is 137 Å². The molecule has 0 spiro atoms. The second-order valence-corrected chi connectivity index (χ2v) is 5.58. The molecule has 0 saturated carbocycles. The highest BCUT2D eigenvalue weighted by molar-refractivity contribution is 6.30. The first-order chi connectivity index (χ1) is 9.65. The van der Waals surface area contributed by atoms with Gasteiger partial charge in [0.2, 0.25) is 5.91 Å². The summed E-state index contributed by atoms with van der Waals surface area (Å²) >= 11 is 5.84. The zero-order chi connectivity index (χ0) is 14.4. The molecule has 2 rings (SSSR count). The number of rotatable bonds is 6. The number of amides is 1. The van der Waals surface area contributed by atoms with Gasteiger partial charge in [0.05, 0.1) is 12.6 Å². The summed E-state index contributed by atoms with van der Waals surface area (Å²) in [6.07, 6.45) is 2.47. The summed E-state index contributed by atoms with van der Waals surface area (Å²) in [7, 11) is 1.81. The van der Waals surface area contributed by atoms with Crippen molar-refractivity contribution in [2.75, 3.05) is 26.7 Å². The zero-order valence-electron chi connectivity index (χ0n) is 12.2. The molecule has 1 N–H and O–H groups in total. The molecule has 1 fully saturated rings. The van der Waals surface area contributed by atoms with E-state index >= 15 is 0 Å². The monoisotopic (exact) mass is 332 g/mol. The second kappa shape index (κ2) is 9.26. The molecule has 0 radical (unpaired) electrons. The molecule has 1 aromatic rings. The topological polar surface area (TPSA) is 41.6 Å². The molecule has 0 aliphatic carbocycles. The van der Waals surface area contributed by atoms with Crippen LogP contribution in [0.5, 0.6) is 0 Å². The molecular formula is C15H22Cl2N2O2. The van der Waals surface area contributed by atoms with Crippen molar-refractivity contribution < 1.29 is 9.53 Å². The maximum atomic E-state index is 12.0. The highest BCUT2D eigenvalue weighted by Gasteiger charge is 2.16. The Hall–Kier alpha value is -0.810. The Balaban J connectivity index is 0.00000220. The number of benzene rings is 1. The van der Waals surface area contributed by atoms with Crippen molar-refractivity contribution in [3.63, 3.8) is 0 Å². The van der Waals surface area contributed by atoms with Crippen molar-refractivity contribution in [3.05, 3.63) is 34.9 Å². The van der Waals surface area contributed by atoms with Crippen LogP contribution in [0.2, 0.25) is 5.02 Å². The standard InChI is InChI=1S/C15H21ClN2O2.ClH/c1-18(11-12-4-6-13(16)7-5-12)15(19)10-17-9-14-3-2-8-20-14;/h4-7,14,17H,2-3,8-11H2,1H3;1H. The van der Waals surface area contributed by atoms with E-state index in [2.05, 4.69) is 5.32 Å². The lowest BCUT2D eigenvalue weighted by Gasteiger charge is -2.18. The smallest absolute Gasteiger partial charge is 0.236 e. The molecule has 1 saturated heterocycles. The summed E-state index contributed by atoms with van der Waals surface area (Å²) < 4.78 is 5.50. The molecule has 1 amide bonds. The number of nitrogens with zero attached hydrogens (tertiary/aromatic N) is 1. The number of ether oxygens (including phenoxy) is 1. The predicted molar refractivity (Wildman–Crippen MR) is 87.0 cm³/mol. The van der Waals surface area contributed by atoms with Gasteiger partial charge >= 0.3 is 0 Å². The Kier molecular flexibility index (Phi) is 8.04. The van der Waals surface area contributed by atoms with E-state index in [-0.39, 0.29) is 24.4 Å². The Morgan fingerprint density at radius 2 is 2.14 bits per heavy atom. The van der Waals surface area contributed by atoms with Gasteiger partial charge in [-0.1, -0.05) is 23.7 Å². The maximum absolute atomic E-state index is 12.0. The van der Waals surface area contributed by atoms with Crippen LogP contribution in [0, 0.1) is 0 Å². The first-order valence-electron chi connectivity index (χ1n) is 6.96. The molecule has 1 aliphatic rings. The van der Waals surface area contributed by atoms with Gasteiger partial charge in [-0.05, 0) is 30.5 Å². The Morgan fingerprint density at radius 3 is 2.76 bits per heavy atom. The lowest BCUT2D eigenvalue weighted by atomic mass is 10.2. The van der Waals surface area contributed by atoms with Crippen molar-refractivity contribution in [1.82, 2.24) is 10.2 Å². The first kappa shape index (κ1) is 18.2. The molecule has 1 aromatic carbocycles. The van der Waals surface area contributed by atoms with Crippen molar-refractivity contribution in [3.8, 4) is 0 Å². The van der Waals surface area contributed by atoms with E-state index < -0.39 is 0 Å². The number of halogens is 2. The van der Waals surface area contributed by atoms with Crippen molar-refractivity contribution in [1.29, 1.82) is 0 Å². The van der Waals surface area contributed by atoms with Crippen LogP contribution in [-0.2, 0) is 16.1 Å². The minimum Gasteiger partial charge on any atom is -0.377 e. The number of carbonyl (C=O) groups is 1. The third-order valence-electron chi connectivity index (χ3n) is 3.43.